The number of carbonyl (C=O) groups excluding carboxylic acids is 1. The molecule has 3 N–H and O–H groups in total. The summed E-state index contributed by atoms with van der Waals surface area (Å²) < 4.78 is 56.0. The van der Waals surface area contributed by atoms with E-state index in [9.17, 15) is 31.6 Å². The number of carboxylic acid groups (broad SMARTS) is 1. The Morgan fingerprint density at radius 2 is 1.74 bits per heavy atom. The molecule has 0 aromatic heterocycles. The normalized spacial score (nSPS) is 16.0. The second-order valence-electron chi connectivity index (χ2n) is 8.83. The molecule has 1 fully saturated rings. The van der Waals surface area contributed by atoms with Crippen molar-refractivity contribution in [1.29, 1.82) is 10.5 Å². The van der Waals surface area contributed by atoms with Crippen LogP contribution in [0.15, 0.2) is 47.4 Å². The molecular formula is C26H27F3N4O5S. The van der Waals surface area contributed by atoms with Crippen molar-refractivity contribution in [3.63, 3.8) is 0 Å². The molecule has 1 aliphatic rings. The van der Waals surface area contributed by atoms with Gasteiger partial charge in [-0.3, -0.25) is 4.79 Å². The molecule has 1 amide bonds. The largest absolute Gasteiger partial charge is 0.490 e. The van der Waals surface area contributed by atoms with Crippen LogP contribution in [0.1, 0.15) is 30.4 Å². The van der Waals surface area contributed by atoms with Crippen molar-refractivity contribution in [1.82, 2.24) is 10.6 Å². The summed E-state index contributed by atoms with van der Waals surface area (Å²) in [6.07, 6.45) is -0.701. The van der Waals surface area contributed by atoms with Gasteiger partial charge in [0, 0.05) is 12.7 Å². The molecule has 13 heteroatoms. The van der Waals surface area contributed by atoms with Gasteiger partial charge in [-0.05, 0) is 47.7 Å². The van der Waals surface area contributed by atoms with Crippen LogP contribution in [0.4, 0.5) is 13.2 Å². The van der Waals surface area contributed by atoms with Gasteiger partial charge < -0.3 is 15.7 Å². The highest BCUT2D eigenvalue weighted by atomic mass is 32.2. The average molecular weight is 565 g/mol. The highest BCUT2D eigenvalue weighted by Crippen LogP contribution is 2.26. The lowest BCUT2D eigenvalue weighted by Crippen LogP contribution is -2.49. The Hall–Kier alpha value is -3.94. The Morgan fingerprint density at radius 1 is 1.13 bits per heavy atom. The highest BCUT2D eigenvalue weighted by molar-refractivity contribution is 7.90. The number of amides is 1. The van der Waals surface area contributed by atoms with Crippen molar-refractivity contribution >= 4 is 21.7 Å². The molecule has 1 saturated heterocycles. The lowest BCUT2D eigenvalue weighted by atomic mass is 9.99. The summed E-state index contributed by atoms with van der Waals surface area (Å²) in [5, 5.41) is 31.6. The van der Waals surface area contributed by atoms with Crippen LogP contribution in [0.5, 0.6) is 0 Å². The summed E-state index contributed by atoms with van der Waals surface area (Å²) in [6.45, 7) is 0.815. The van der Waals surface area contributed by atoms with Gasteiger partial charge in [-0.25, -0.2) is 13.2 Å². The van der Waals surface area contributed by atoms with Gasteiger partial charge in [-0.15, -0.1) is 0 Å². The van der Waals surface area contributed by atoms with Crippen LogP contribution in [0, 0.1) is 22.7 Å². The number of carbonyl (C=O) groups is 2. The number of hydrogen-bond acceptors (Lipinski definition) is 7. The molecule has 39 heavy (non-hydrogen) atoms. The van der Waals surface area contributed by atoms with Crippen LogP contribution in [0.2, 0.25) is 0 Å². The Kier molecular flexibility index (Phi) is 11.0. The van der Waals surface area contributed by atoms with Gasteiger partial charge >= 0.3 is 12.1 Å². The van der Waals surface area contributed by atoms with E-state index < -0.39 is 28.0 Å². The van der Waals surface area contributed by atoms with Crippen molar-refractivity contribution in [2.75, 3.05) is 12.8 Å². The maximum atomic E-state index is 12.4. The molecule has 0 unspecified atom stereocenters. The van der Waals surface area contributed by atoms with Crippen LogP contribution in [0.3, 0.4) is 0 Å². The quantitative estimate of drug-likeness (QED) is 0.462. The van der Waals surface area contributed by atoms with Crippen molar-refractivity contribution in [2.24, 2.45) is 0 Å². The molecule has 1 aliphatic heterocycles. The third-order valence-corrected chi connectivity index (χ3v) is 6.98. The molecule has 2 aromatic rings. The zero-order valence-electron chi connectivity index (χ0n) is 21.0. The van der Waals surface area contributed by atoms with Gasteiger partial charge in [-0.2, -0.15) is 23.7 Å². The Bertz CT molecular complexity index is 1360. The second-order valence-corrected chi connectivity index (χ2v) is 10.8. The molecule has 0 spiro atoms. The zero-order valence-corrected chi connectivity index (χ0v) is 21.8. The van der Waals surface area contributed by atoms with Crippen molar-refractivity contribution < 1.29 is 36.3 Å². The van der Waals surface area contributed by atoms with Gasteiger partial charge in [-0.1, -0.05) is 42.8 Å². The predicted molar refractivity (Wildman–Crippen MR) is 135 cm³/mol. The van der Waals surface area contributed by atoms with E-state index in [1.54, 1.807) is 18.2 Å². The summed E-state index contributed by atoms with van der Waals surface area (Å²) >= 11 is 0. The summed E-state index contributed by atoms with van der Waals surface area (Å²) in [4.78, 5) is 21.4. The van der Waals surface area contributed by atoms with E-state index in [2.05, 4.69) is 16.7 Å². The first kappa shape index (κ1) is 31.3. The van der Waals surface area contributed by atoms with E-state index >= 15 is 0 Å². The minimum Gasteiger partial charge on any atom is -0.475 e. The van der Waals surface area contributed by atoms with E-state index in [1.165, 1.54) is 0 Å². The summed E-state index contributed by atoms with van der Waals surface area (Å²) in [6, 6.07) is 15.8. The smallest absolute Gasteiger partial charge is 0.475 e. The number of nitrogens with one attached hydrogen (secondary N) is 2. The van der Waals surface area contributed by atoms with E-state index in [1.807, 2.05) is 30.3 Å². The maximum Gasteiger partial charge on any atom is 0.490 e. The fraction of sp³-hybridized carbons (Fsp3) is 0.385. The molecule has 0 saturated carbocycles. The third-order valence-electron chi connectivity index (χ3n) is 5.80. The Balaban J connectivity index is 0.000000673. The van der Waals surface area contributed by atoms with E-state index in [0.717, 1.165) is 48.8 Å². The number of sulfone groups is 1. The number of halogens is 3. The Labute approximate surface area is 224 Å². The number of alkyl halides is 3. The number of carboxylic acids is 1. The van der Waals surface area contributed by atoms with Gasteiger partial charge in [0.1, 0.15) is 6.04 Å². The van der Waals surface area contributed by atoms with E-state index in [0.29, 0.717) is 12.0 Å². The van der Waals surface area contributed by atoms with Crippen LogP contribution in [-0.2, 0) is 32.3 Å². The van der Waals surface area contributed by atoms with Crippen LogP contribution in [-0.4, -0.2) is 56.5 Å². The first-order valence-corrected chi connectivity index (χ1v) is 13.7. The van der Waals surface area contributed by atoms with Crippen molar-refractivity contribution in [3.05, 3.63) is 53.6 Å². The molecule has 0 aliphatic carbocycles. The standard InChI is InChI=1S/C24H26N4O3S.C2HF3O2/c1-32(30,31)23-15-20(10-9-19(23)11-12-25)18-7-5-17(6-8-18)14-21(16-26)28-24(29)22-4-2-3-13-27-22;3-2(4,5)1(6)7/h5-10,15,21-22,27H,2-4,11,13-14H2,1H3,(H,28,29);(H,6,7)/t21-,22-;/m0./s1. The summed E-state index contributed by atoms with van der Waals surface area (Å²) in [5.74, 6) is -2.90. The summed E-state index contributed by atoms with van der Waals surface area (Å²) in [5.41, 5.74) is 2.93. The topological polar surface area (TPSA) is 160 Å². The monoisotopic (exact) mass is 564 g/mol. The van der Waals surface area contributed by atoms with Crippen molar-refractivity contribution in [2.45, 2.75) is 55.3 Å². The number of nitriles is 2. The highest BCUT2D eigenvalue weighted by Gasteiger charge is 2.38. The SMILES string of the molecule is CS(=O)(=O)c1cc(-c2ccc(C[C@@H](C#N)NC(=O)[C@@H]3CCCCN3)cc2)ccc1CC#N.O=C(O)C(F)(F)F. The molecule has 208 valence electrons. The zero-order chi connectivity index (χ0) is 29.2. The minimum atomic E-state index is -5.08. The van der Waals surface area contributed by atoms with Gasteiger partial charge in [0.15, 0.2) is 9.84 Å². The number of aliphatic carboxylic acids is 1. The lowest BCUT2D eigenvalue weighted by Gasteiger charge is -2.23. The molecule has 3 rings (SSSR count). The number of hydrogen-bond donors (Lipinski definition) is 3. The molecule has 0 bridgehead atoms. The van der Waals surface area contributed by atoms with Crippen molar-refractivity contribution in [3.8, 4) is 23.3 Å². The van der Waals surface area contributed by atoms with Gasteiger partial charge in [0.05, 0.1) is 29.5 Å². The van der Waals surface area contributed by atoms with Crippen LogP contribution < -0.4 is 10.6 Å². The number of nitrogens with zero attached hydrogens (tertiary/aromatic N) is 2. The predicted octanol–water partition coefficient (Wildman–Crippen LogP) is 3.15. The molecule has 9 nitrogen and oxygen atoms in total. The fourth-order valence-electron chi connectivity index (χ4n) is 3.86. The summed E-state index contributed by atoms with van der Waals surface area (Å²) in [7, 11) is -3.47. The first-order valence-electron chi connectivity index (χ1n) is 11.8. The second kappa shape index (κ2) is 13.7. The third kappa shape index (κ3) is 9.71. The number of piperidine rings is 1. The maximum absolute atomic E-state index is 12.4. The van der Waals surface area contributed by atoms with E-state index in [4.69, 9.17) is 15.2 Å². The molecular weight excluding hydrogens is 537 g/mol. The molecule has 1 heterocycles. The fourth-order valence-corrected chi connectivity index (χ4v) is 4.81. The molecule has 2 aromatic carbocycles. The molecule has 0 radical (unpaired) electrons. The van der Waals surface area contributed by atoms with Crippen LogP contribution >= 0.6 is 0 Å². The van der Waals surface area contributed by atoms with Gasteiger partial charge in [0.2, 0.25) is 5.91 Å². The van der Waals surface area contributed by atoms with Crippen LogP contribution in [0.25, 0.3) is 11.1 Å². The first-order chi connectivity index (χ1) is 18.3. The Morgan fingerprint density at radius 3 is 2.23 bits per heavy atom. The number of benzene rings is 2. The van der Waals surface area contributed by atoms with Gasteiger partial charge in [0.25, 0.3) is 0 Å². The van der Waals surface area contributed by atoms with E-state index in [-0.39, 0.29) is 23.3 Å². The lowest BCUT2D eigenvalue weighted by molar-refractivity contribution is -0.192. The molecule has 2 atom stereocenters. The number of rotatable bonds is 7. The average Bonchev–Trinajstić information content (AvgIpc) is 2.89. The minimum absolute atomic E-state index is 0.0271.